The largest absolute Gasteiger partial charge is 0.493 e. The Morgan fingerprint density at radius 3 is 2.65 bits per heavy atom. The third kappa shape index (κ3) is 3.94. The number of sulfone groups is 1. The Labute approximate surface area is 191 Å². The fourth-order valence-corrected chi connectivity index (χ4v) is 5.93. The first-order valence-corrected chi connectivity index (χ1v) is 12.0. The highest BCUT2D eigenvalue weighted by Gasteiger charge is 2.61. The van der Waals surface area contributed by atoms with E-state index in [4.69, 9.17) is 4.74 Å². The minimum atomic E-state index is -5.28. The van der Waals surface area contributed by atoms with Crippen LogP contribution >= 0.6 is 0 Å². The van der Waals surface area contributed by atoms with Crippen molar-refractivity contribution in [3.63, 3.8) is 0 Å². The van der Waals surface area contributed by atoms with Crippen LogP contribution in [-0.2, 0) is 21.1 Å². The number of pyridine rings is 2. The first-order chi connectivity index (χ1) is 15.8. The van der Waals surface area contributed by atoms with Gasteiger partial charge in [-0.1, -0.05) is 0 Å². The number of hydrogen-bond donors (Lipinski definition) is 1. The van der Waals surface area contributed by atoms with E-state index in [2.05, 4.69) is 4.98 Å². The van der Waals surface area contributed by atoms with Crippen LogP contribution in [0.25, 0.3) is 11.0 Å². The molecule has 2 atom stereocenters. The van der Waals surface area contributed by atoms with Crippen LogP contribution in [-0.4, -0.2) is 47.7 Å². The maximum atomic E-state index is 14.4. The molecule has 1 N–H and O–H groups in total. The normalized spacial score (nSPS) is 20.4. The number of alkyl halides is 3. The molecule has 0 bridgehead atoms. The first-order valence-electron chi connectivity index (χ1n) is 10.1. The number of hydrogen-bond acceptors (Lipinski definition) is 6. The predicted octanol–water partition coefficient (Wildman–Crippen LogP) is 2.94. The highest BCUT2D eigenvalue weighted by Crippen LogP contribution is 2.51. The van der Waals surface area contributed by atoms with E-state index in [1.165, 1.54) is 18.3 Å². The molecular weight excluding hydrogens is 480 g/mol. The van der Waals surface area contributed by atoms with Crippen LogP contribution in [0.3, 0.4) is 0 Å². The molecule has 1 aromatic carbocycles. The van der Waals surface area contributed by atoms with Gasteiger partial charge in [0.25, 0.3) is 0 Å². The maximum Gasteiger partial charge on any atom is 0.419 e. The number of ether oxygens (including phenoxy) is 1. The van der Waals surface area contributed by atoms with E-state index in [-0.39, 0.29) is 29.0 Å². The summed E-state index contributed by atoms with van der Waals surface area (Å²) in [6.45, 7) is -1.37. The van der Waals surface area contributed by atoms with Crippen LogP contribution in [0.4, 0.5) is 17.6 Å². The van der Waals surface area contributed by atoms with Gasteiger partial charge in [0.1, 0.15) is 21.8 Å². The molecule has 12 heteroatoms. The molecular formula is C22H20F4N2O5S. The number of nitrogens with zero attached hydrogens (tertiary/aromatic N) is 2. The van der Waals surface area contributed by atoms with Crippen LogP contribution < -0.4 is 10.2 Å². The molecule has 7 nitrogen and oxygen atoms in total. The maximum absolute atomic E-state index is 14.4. The molecule has 0 aliphatic carbocycles. The van der Waals surface area contributed by atoms with Crippen LogP contribution in [0.5, 0.6) is 5.75 Å². The van der Waals surface area contributed by atoms with Gasteiger partial charge in [0.05, 0.1) is 18.7 Å². The average molecular weight is 500 g/mol. The fourth-order valence-electron chi connectivity index (χ4n) is 4.42. The Morgan fingerprint density at radius 1 is 1.24 bits per heavy atom. The van der Waals surface area contributed by atoms with Crippen molar-refractivity contribution in [2.24, 2.45) is 0 Å². The number of rotatable bonds is 5. The number of aromatic nitrogens is 2. The summed E-state index contributed by atoms with van der Waals surface area (Å²) in [6, 6.07) is 6.78. The van der Waals surface area contributed by atoms with Gasteiger partial charge in [-0.25, -0.2) is 12.8 Å². The van der Waals surface area contributed by atoms with E-state index >= 15 is 0 Å². The second-order valence-electron chi connectivity index (χ2n) is 8.39. The van der Waals surface area contributed by atoms with E-state index in [1.807, 2.05) is 0 Å². The van der Waals surface area contributed by atoms with Crippen molar-refractivity contribution in [3.8, 4) is 5.75 Å². The molecule has 0 radical (unpaired) electrons. The molecule has 3 heterocycles. The molecule has 0 saturated heterocycles. The quantitative estimate of drug-likeness (QED) is 0.541. The number of fused-ring (bicyclic) bond motifs is 2. The molecule has 2 unspecified atom stereocenters. The molecule has 34 heavy (non-hydrogen) atoms. The van der Waals surface area contributed by atoms with Gasteiger partial charge in [-0.2, -0.15) is 13.2 Å². The Bertz CT molecular complexity index is 1420. The van der Waals surface area contributed by atoms with Crippen LogP contribution in [0.15, 0.2) is 53.6 Å². The van der Waals surface area contributed by atoms with E-state index in [1.54, 1.807) is 0 Å². The van der Waals surface area contributed by atoms with Crippen molar-refractivity contribution >= 4 is 20.9 Å². The zero-order chi connectivity index (χ0) is 24.9. The van der Waals surface area contributed by atoms with Crippen LogP contribution in [0.2, 0.25) is 0 Å². The predicted molar refractivity (Wildman–Crippen MR) is 115 cm³/mol. The standard InChI is InChI=1S/C22H20F4N2O5S/c1-34(31,32)20(7-10-33-18-5-4-14(23)11-15(18)20)12-21(30,22(24,25)26)13-28-9-6-17(29)19-16(28)3-2-8-27-19/h2-6,8-9,11,30H,7,10,12-13H2,1H3. The number of benzene rings is 1. The summed E-state index contributed by atoms with van der Waals surface area (Å²) in [4.78, 5) is 16.0. The van der Waals surface area contributed by atoms with Gasteiger partial charge in [0, 0.05) is 43.1 Å². The Balaban J connectivity index is 1.90. The molecule has 182 valence electrons. The topological polar surface area (TPSA) is 98.5 Å². The fraction of sp³-hybridized carbons (Fsp3) is 0.364. The molecule has 0 fully saturated rings. The summed E-state index contributed by atoms with van der Waals surface area (Å²) in [7, 11) is -4.33. The van der Waals surface area contributed by atoms with Crippen molar-refractivity contribution in [1.29, 1.82) is 0 Å². The summed E-state index contributed by atoms with van der Waals surface area (Å²) >= 11 is 0. The van der Waals surface area contributed by atoms with Crippen LogP contribution in [0, 0.1) is 5.82 Å². The van der Waals surface area contributed by atoms with Gasteiger partial charge in [0.2, 0.25) is 5.43 Å². The molecule has 0 spiro atoms. The zero-order valence-corrected chi connectivity index (χ0v) is 18.7. The van der Waals surface area contributed by atoms with Gasteiger partial charge in [-0.3, -0.25) is 9.78 Å². The highest BCUT2D eigenvalue weighted by molar-refractivity contribution is 7.91. The van der Waals surface area contributed by atoms with Crippen molar-refractivity contribution in [3.05, 3.63) is 70.4 Å². The van der Waals surface area contributed by atoms with Crippen molar-refractivity contribution < 1.29 is 35.8 Å². The van der Waals surface area contributed by atoms with E-state index in [0.717, 1.165) is 41.3 Å². The highest BCUT2D eigenvalue weighted by atomic mass is 32.2. The number of halogens is 4. The summed E-state index contributed by atoms with van der Waals surface area (Å²) in [5.74, 6) is -0.925. The monoisotopic (exact) mass is 500 g/mol. The number of aliphatic hydroxyl groups is 1. The third-order valence-corrected chi connectivity index (χ3v) is 8.17. The van der Waals surface area contributed by atoms with Gasteiger partial charge >= 0.3 is 6.18 Å². The van der Waals surface area contributed by atoms with E-state index in [0.29, 0.717) is 0 Å². The molecule has 1 aliphatic rings. The van der Waals surface area contributed by atoms with Crippen molar-refractivity contribution in [2.45, 2.75) is 35.9 Å². The molecule has 2 aromatic heterocycles. The van der Waals surface area contributed by atoms with Gasteiger partial charge in [-0.15, -0.1) is 0 Å². The van der Waals surface area contributed by atoms with Crippen molar-refractivity contribution in [1.82, 2.24) is 9.55 Å². The molecule has 0 saturated carbocycles. The minimum Gasteiger partial charge on any atom is -0.493 e. The summed E-state index contributed by atoms with van der Waals surface area (Å²) in [6.07, 6.45) is -3.89. The Hall–Kier alpha value is -2.99. The lowest BCUT2D eigenvalue weighted by Crippen LogP contribution is -2.56. The summed E-state index contributed by atoms with van der Waals surface area (Å²) in [5, 5.41) is 11.1. The van der Waals surface area contributed by atoms with E-state index in [9.17, 15) is 35.9 Å². The van der Waals surface area contributed by atoms with E-state index < -0.39 is 57.0 Å². The van der Waals surface area contributed by atoms with Gasteiger partial charge in [-0.05, 0) is 30.3 Å². The summed E-state index contributed by atoms with van der Waals surface area (Å²) < 4.78 is 87.3. The third-order valence-electron chi connectivity index (χ3n) is 6.18. The first kappa shape index (κ1) is 24.1. The van der Waals surface area contributed by atoms with Crippen molar-refractivity contribution in [2.75, 3.05) is 12.9 Å². The summed E-state index contributed by atoms with van der Waals surface area (Å²) in [5.41, 5.74) is -4.45. The SMILES string of the molecule is CS(=O)(=O)C1(CC(O)(Cn2ccc(=O)c3ncccc32)C(F)(F)F)CCOc2ccc(F)cc21. The lowest BCUT2D eigenvalue weighted by atomic mass is 9.81. The molecule has 4 rings (SSSR count). The Kier molecular flexibility index (Phi) is 5.72. The lowest BCUT2D eigenvalue weighted by molar-refractivity contribution is -0.270. The molecule has 3 aromatic rings. The van der Waals surface area contributed by atoms with Crippen LogP contribution in [0.1, 0.15) is 18.4 Å². The van der Waals surface area contributed by atoms with Gasteiger partial charge < -0.3 is 14.4 Å². The lowest BCUT2D eigenvalue weighted by Gasteiger charge is -2.43. The average Bonchev–Trinajstić information content (AvgIpc) is 2.75. The zero-order valence-electron chi connectivity index (χ0n) is 17.8. The second-order valence-corrected chi connectivity index (χ2v) is 10.7. The molecule has 0 amide bonds. The molecule has 1 aliphatic heterocycles. The smallest absolute Gasteiger partial charge is 0.419 e. The minimum absolute atomic E-state index is 0.0319. The second kappa shape index (κ2) is 8.05. The Morgan fingerprint density at radius 2 is 1.97 bits per heavy atom. The van der Waals surface area contributed by atoms with Gasteiger partial charge in [0.15, 0.2) is 15.4 Å².